The smallest absolute Gasteiger partial charge is 0.164 e. The first-order valence-electron chi connectivity index (χ1n) is 8.37. The summed E-state index contributed by atoms with van der Waals surface area (Å²) in [7, 11) is 0. The number of halogens is 1. The van der Waals surface area contributed by atoms with E-state index in [1.165, 1.54) is 5.56 Å². The summed E-state index contributed by atoms with van der Waals surface area (Å²) in [4.78, 5) is 14.6. The SMILES string of the molecule is O=C(CCN1CCOC(Cc2ccccc2)C1)c1ccc(Cl)cc1. The van der Waals surface area contributed by atoms with Crippen LogP contribution in [0.2, 0.25) is 5.02 Å². The Labute approximate surface area is 148 Å². The summed E-state index contributed by atoms with van der Waals surface area (Å²) >= 11 is 5.86. The van der Waals surface area contributed by atoms with Crippen molar-refractivity contribution in [1.29, 1.82) is 0 Å². The van der Waals surface area contributed by atoms with Crippen molar-refractivity contribution in [2.24, 2.45) is 0 Å². The molecule has 0 aromatic heterocycles. The molecular formula is C20H22ClNO2. The second-order valence-electron chi connectivity index (χ2n) is 6.16. The van der Waals surface area contributed by atoms with Crippen LogP contribution < -0.4 is 0 Å². The normalized spacial score (nSPS) is 18.5. The predicted molar refractivity (Wildman–Crippen MR) is 96.7 cm³/mol. The van der Waals surface area contributed by atoms with Crippen molar-refractivity contribution < 1.29 is 9.53 Å². The van der Waals surface area contributed by atoms with E-state index in [1.807, 2.05) is 6.07 Å². The van der Waals surface area contributed by atoms with Gasteiger partial charge in [0.05, 0.1) is 12.7 Å². The topological polar surface area (TPSA) is 29.5 Å². The molecule has 24 heavy (non-hydrogen) atoms. The van der Waals surface area contributed by atoms with Crippen LogP contribution in [0.25, 0.3) is 0 Å². The van der Waals surface area contributed by atoms with Crippen molar-refractivity contribution in [1.82, 2.24) is 4.90 Å². The highest BCUT2D eigenvalue weighted by Gasteiger charge is 2.21. The van der Waals surface area contributed by atoms with E-state index in [4.69, 9.17) is 16.3 Å². The van der Waals surface area contributed by atoms with Gasteiger partial charge in [-0.05, 0) is 36.2 Å². The van der Waals surface area contributed by atoms with Gasteiger partial charge >= 0.3 is 0 Å². The summed E-state index contributed by atoms with van der Waals surface area (Å²) in [5, 5.41) is 0.656. The van der Waals surface area contributed by atoms with Gasteiger partial charge in [-0.3, -0.25) is 9.69 Å². The number of ketones is 1. The van der Waals surface area contributed by atoms with Crippen LogP contribution in [0.15, 0.2) is 54.6 Å². The lowest BCUT2D eigenvalue weighted by Crippen LogP contribution is -2.44. The molecule has 2 aromatic carbocycles. The third kappa shape index (κ3) is 4.91. The molecule has 0 spiro atoms. The van der Waals surface area contributed by atoms with Crippen LogP contribution in [0.3, 0.4) is 0 Å². The number of benzene rings is 2. The third-order valence-electron chi connectivity index (χ3n) is 4.35. The Morgan fingerprint density at radius 3 is 2.62 bits per heavy atom. The standard InChI is InChI=1S/C20H22ClNO2/c21-18-8-6-17(7-9-18)20(23)10-11-22-12-13-24-19(15-22)14-16-4-2-1-3-5-16/h1-9,19H,10-15H2. The summed E-state index contributed by atoms with van der Waals surface area (Å²) in [6.07, 6.45) is 1.65. The van der Waals surface area contributed by atoms with E-state index in [9.17, 15) is 4.79 Å². The Balaban J connectivity index is 1.48. The van der Waals surface area contributed by atoms with Crippen molar-refractivity contribution in [3.05, 3.63) is 70.7 Å². The van der Waals surface area contributed by atoms with Crippen LogP contribution >= 0.6 is 11.6 Å². The molecular weight excluding hydrogens is 322 g/mol. The van der Waals surface area contributed by atoms with Gasteiger partial charge in [0.2, 0.25) is 0 Å². The zero-order valence-corrected chi connectivity index (χ0v) is 14.4. The average Bonchev–Trinajstić information content (AvgIpc) is 2.61. The molecule has 1 atom stereocenters. The summed E-state index contributed by atoms with van der Waals surface area (Å²) < 4.78 is 5.88. The highest BCUT2D eigenvalue weighted by Crippen LogP contribution is 2.14. The Morgan fingerprint density at radius 1 is 1.12 bits per heavy atom. The largest absolute Gasteiger partial charge is 0.375 e. The first-order valence-corrected chi connectivity index (χ1v) is 8.75. The fraction of sp³-hybridized carbons (Fsp3) is 0.350. The Bertz CT molecular complexity index is 657. The number of nitrogens with zero attached hydrogens (tertiary/aromatic N) is 1. The summed E-state index contributed by atoms with van der Waals surface area (Å²) in [6.45, 7) is 3.27. The fourth-order valence-corrected chi connectivity index (χ4v) is 3.15. The van der Waals surface area contributed by atoms with Gasteiger partial charge in [0, 0.05) is 36.6 Å². The molecule has 1 heterocycles. The molecule has 1 unspecified atom stereocenters. The number of morpholine rings is 1. The first kappa shape index (κ1) is 17.2. The summed E-state index contributed by atoms with van der Waals surface area (Å²) in [5.74, 6) is 0.165. The van der Waals surface area contributed by atoms with E-state index < -0.39 is 0 Å². The van der Waals surface area contributed by atoms with Gasteiger partial charge in [0.25, 0.3) is 0 Å². The van der Waals surface area contributed by atoms with Crippen LogP contribution in [0.1, 0.15) is 22.3 Å². The number of hydrogen-bond donors (Lipinski definition) is 0. The molecule has 3 rings (SSSR count). The number of hydrogen-bond acceptors (Lipinski definition) is 3. The molecule has 126 valence electrons. The van der Waals surface area contributed by atoms with Crippen molar-refractivity contribution in [2.45, 2.75) is 18.9 Å². The lowest BCUT2D eigenvalue weighted by Gasteiger charge is -2.32. The molecule has 2 aromatic rings. The molecule has 1 aliphatic heterocycles. The molecule has 1 saturated heterocycles. The van der Waals surface area contributed by atoms with E-state index in [0.717, 1.165) is 38.2 Å². The van der Waals surface area contributed by atoms with Crippen molar-refractivity contribution in [2.75, 3.05) is 26.2 Å². The molecule has 0 bridgehead atoms. The van der Waals surface area contributed by atoms with E-state index in [0.29, 0.717) is 11.4 Å². The minimum Gasteiger partial charge on any atom is -0.375 e. The average molecular weight is 344 g/mol. The molecule has 1 aliphatic rings. The van der Waals surface area contributed by atoms with Crippen LogP contribution in [0.4, 0.5) is 0 Å². The lowest BCUT2D eigenvalue weighted by atomic mass is 10.1. The quantitative estimate of drug-likeness (QED) is 0.746. The van der Waals surface area contributed by atoms with Gasteiger partial charge in [-0.1, -0.05) is 41.9 Å². The minimum atomic E-state index is 0.165. The maximum Gasteiger partial charge on any atom is 0.164 e. The minimum absolute atomic E-state index is 0.165. The predicted octanol–water partition coefficient (Wildman–Crippen LogP) is 3.86. The van der Waals surface area contributed by atoms with Gasteiger partial charge in [-0.25, -0.2) is 0 Å². The zero-order chi connectivity index (χ0) is 16.8. The molecule has 4 heteroatoms. The van der Waals surface area contributed by atoms with Crippen molar-refractivity contribution in [3.8, 4) is 0 Å². The number of carbonyl (C=O) groups is 1. The third-order valence-corrected chi connectivity index (χ3v) is 4.60. The lowest BCUT2D eigenvalue weighted by molar-refractivity contribution is -0.0273. The van der Waals surface area contributed by atoms with Crippen LogP contribution in [-0.2, 0) is 11.2 Å². The molecule has 0 amide bonds. The van der Waals surface area contributed by atoms with Gasteiger partial charge in [0.15, 0.2) is 5.78 Å². The van der Waals surface area contributed by atoms with E-state index in [2.05, 4.69) is 29.2 Å². The van der Waals surface area contributed by atoms with Gasteiger partial charge < -0.3 is 4.74 Å². The van der Waals surface area contributed by atoms with E-state index in [-0.39, 0.29) is 11.9 Å². The van der Waals surface area contributed by atoms with E-state index in [1.54, 1.807) is 24.3 Å². The Kier molecular flexibility index (Phi) is 6.02. The second kappa shape index (κ2) is 8.43. The number of carbonyl (C=O) groups excluding carboxylic acids is 1. The molecule has 0 N–H and O–H groups in total. The van der Waals surface area contributed by atoms with Crippen molar-refractivity contribution >= 4 is 17.4 Å². The maximum atomic E-state index is 12.3. The summed E-state index contributed by atoms with van der Waals surface area (Å²) in [5.41, 5.74) is 2.02. The molecule has 1 fully saturated rings. The molecule has 0 saturated carbocycles. The molecule has 0 radical (unpaired) electrons. The monoisotopic (exact) mass is 343 g/mol. The Hall–Kier alpha value is -1.68. The van der Waals surface area contributed by atoms with Gasteiger partial charge in [0.1, 0.15) is 0 Å². The fourth-order valence-electron chi connectivity index (χ4n) is 3.02. The maximum absolute atomic E-state index is 12.3. The highest BCUT2D eigenvalue weighted by atomic mass is 35.5. The molecule has 0 aliphatic carbocycles. The number of ether oxygens (including phenoxy) is 1. The Morgan fingerprint density at radius 2 is 1.88 bits per heavy atom. The van der Waals surface area contributed by atoms with E-state index >= 15 is 0 Å². The van der Waals surface area contributed by atoms with Crippen LogP contribution in [-0.4, -0.2) is 43.0 Å². The van der Waals surface area contributed by atoms with Gasteiger partial charge in [-0.2, -0.15) is 0 Å². The van der Waals surface area contributed by atoms with Crippen LogP contribution in [0, 0.1) is 0 Å². The van der Waals surface area contributed by atoms with Gasteiger partial charge in [-0.15, -0.1) is 0 Å². The highest BCUT2D eigenvalue weighted by molar-refractivity contribution is 6.30. The number of Topliss-reactive ketones (excluding diaryl/α,β-unsaturated/α-hetero) is 1. The number of rotatable bonds is 6. The zero-order valence-electron chi connectivity index (χ0n) is 13.7. The van der Waals surface area contributed by atoms with Crippen LogP contribution in [0.5, 0.6) is 0 Å². The molecule has 3 nitrogen and oxygen atoms in total. The second-order valence-corrected chi connectivity index (χ2v) is 6.60. The first-order chi connectivity index (χ1) is 11.7. The summed E-state index contributed by atoms with van der Waals surface area (Å²) in [6, 6.07) is 17.5. The van der Waals surface area contributed by atoms with Crippen molar-refractivity contribution in [3.63, 3.8) is 0 Å².